The van der Waals surface area contributed by atoms with Gasteiger partial charge in [0.1, 0.15) is 18.3 Å². The van der Waals surface area contributed by atoms with E-state index in [0.717, 1.165) is 12.8 Å². The summed E-state index contributed by atoms with van der Waals surface area (Å²) in [6.07, 6.45) is 5.83. The van der Waals surface area contributed by atoms with Crippen molar-refractivity contribution in [2.75, 3.05) is 0 Å². The lowest BCUT2D eigenvalue weighted by molar-refractivity contribution is -0.140. The summed E-state index contributed by atoms with van der Waals surface area (Å²) >= 11 is 0. The molecule has 3 fully saturated rings. The number of likely N-dealkylation sites (tertiary alicyclic amines) is 1. The summed E-state index contributed by atoms with van der Waals surface area (Å²) in [4.78, 5) is 44.4. The minimum absolute atomic E-state index is 0.0153. The molecule has 0 unspecified atom stereocenters. The van der Waals surface area contributed by atoms with Gasteiger partial charge in [-0.15, -0.1) is 0 Å². The fourth-order valence-electron chi connectivity index (χ4n) is 5.36. The molecule has 168 valence electrons. The Hall–Kier alpha value is -3.55. The maximum Gasteiger partial charge on any atom is 0.245 e. The van der Waals surface area contributed by atoms with Crippen molar-refractivity contribution in [3.8, 4) is 0 Å². The van der Waals surface area contributed by atoms with Crippen LogP contribution in [-0.4, -0.2) is 55.4 Å². The average Bonchev–Trinajstić information content (AvgIpc) is 3.70. The van der Waals surface area contributed by atoms with Crippen molar-refractivity contribution in [1.29, 1.82) is 0 Å². The van der Waals surface area contributed by atoms with E-state index in [1.165, 1.54) is 12.5 Å². The first kappa shape index (κ1) is 20.1. The van der Waals surface area contributed by atoms with E-state index in [2.05, 4.69) is 27.5 Å². The minimum Gasteiger partial charge on any atom is -0.351 e. The summed E-state index contributed by atoms with van der Waals surface area (Å²) in [5.74, 6) is 0.394. The summed E-state index contributed by atoms with van der Waals surface area (Å²) in [5, 5.41) is 8.25. The number of ketones is 1. The molecule has 1 saturated heterocycles. The molecule has 0 spiro atoms. The largest absolute Gasteiger partial charge is 0.351 e. The van der Waals surface area contributed by atoms with Crippen LogP contribution in [0, 0.1) is 5.92 Å². The van der Waals surface area contributed by atoms with E-state index in [4.69, 9.17) is 0 Å². The van der Waals surface area contributed by atoms with Crippen molar-refractivity contribution in [3.05, 3.63) is 60.0 Å². The first-order chi connectivity index (χ1) is 16.0. The second kappa shape index (κ2) is 7.50. The van der Waals surface area contributed by atoms with Gasteiger partial charge in [-0.3, -0.25) is 24.0 Å². The quantitative estimate of drug-likeness (QED) is 0.590. The molecule has 1 aromatic carbocycles. The van der Waals surface area contributed by atoms with Gasteiger partial charge >= 0.3 is 0 Å². The fraction of sp³-hybridized carbons (Fsp3) is 0.400. The molecule has 2 aromatic heterocycles. The maximum absolute atomic E-state index is 13.4. The van der Waals surface area contributed by atoms with Crippen molar-refractivity contribution >= 4 is 28.5 Å². The van der Waals surface area contributed by atoms with Gasteiger partial charge in [0.25, 0.3) is 0 Å². The second-order valence-electron chi connectivity index (χ2n) is 9.44. The highest BCUT2D eigenvalue weighted by Gasteiger charge is 2.56. The number of pyridine rings is 1. The fourth-order valence-corrected chi connectivity index (χ4v) is 5.36. The predicted molar refractivity (Wildman–Crippen MR) is 120 cm³/mol. The molecule has 2 saturated carbocycles. The third-order valence-corrected chi connectivity index (χ3v) is 7.21. The molecule has 1 N–H and O–H groups in total. The number of nitrogens with zero attached hydrogens (tertiary/aromatic N) is 4. The number of carbonyl (C=O) groups is 3. The monoisotopic (exact) mass is 443 g/mol. The van der Waals surface area contributed by atoms with E-state index in [0.29, 0.717) is 34.9 Å². The zero-order chi connectivity index (χ0) is 22.7. The highest BCUT2D eigenvalue weighted by molar-refractivity contribution is 6.04. The van der Waals surface area contributed by atoms with Crippen LogP contribution < -0.4 is 5.32 Å². The van der Waals surface area contributed by atoms with Crippen molar-refractivity contribution in [2.24, 2.45) is 5.92 Å². The van der Waals surface area contributed by atoms with Crippen LogP contribution in [0.25, 0.3) is 10.9 Å². The van der Waals surface area contributed by atoms with Gasteiger partial charge in [0, 0.05) is 36.5 Å². The van der Waals surface area contributed by atoms with Gasteiger partial charge in [-0.05, 0) is 36.8 Å². The van der Waals surface area contributed by atoms with Crippen LogP contribution in [-0.2, 0) is 16.1 Å². The van der Waals surface area contributed by atoms with Gasteiger partial charge in [-0.25, -0.2) is 0 Å². The van der Waals surface area contributed by atoms with E-state index in [-0.39, 0.29) is 36.2 Å². The first-order valence-electron chi connectivity index (χ1n) is 11.5. The number of Topliss-reactive ketones (excluding diaryl/α,β-unsaturated/α-hetero) is 1. The molecule has 2 aliphatic carbocycles. The number of amides is 2. The maximum atomic E-state index is 13.4. The van der Waals surface area contributed by atoms with Crippen molar-refractivity contribution in [1.82, 2.24) is 25.0 Å². The number of nitrogens with one attached hydrogen (secondary N) is 1. The van der Waals surface area contributed by atoms with Crippen molar-refractivity contribution in [2.45, 2.75) is 56.8 Å². The summed E-state index contributed by atoms with van der Waals surface area (Å²) in [6, 6.07) is 11.8. The molecule has 8 nitrogen and oxygen atoms in total. The van der Waals surface area contributed by atoms with Gasteiger partial charge in [0.05, 0.1) is 11.7 Å². The van der Waals surface area contributed by atoms with Crippen LogP contribution >= 0.6 is 0 Å². The van der Waals surface area contributed by atoms with Crippen LogP contribution in [0.4, 0.5) is 0 Å². The number of fused-ring (bicyclic) bond motifs is 2. The van der Waals surface area contributed by atoms with E-state index in [1.807, 2.05) is 18.2 Å². The van der Waals surface area contributed by atoms with Gasteiger partial charge in [-0.1, -0.05) is 30.3 Å². The van der Waals surface area contributed by atoms with Crippen LogP contribution in [0.1, 0.15) is 48.2 Å². The summed E-state index contributed by atoms with van der Waals surface area (Å²) < 4.78 is 1.54. The average molecular weight is 444 g/mol. The molecule has 5 atom stereocenters. The topological polar surface area (TPSA) is 97.2 Å². The molecule has 8 heteroatoms. The van der Waals surface area contributed by atoms with Gasteiger partial charge in [0.15, 0.2) is 5.78 Å². The highest BCUT2D eigenvalue weighted by atomic mass is 16.2. The molecule has 0 bridgehead atoms. The number of carbonyl (C=O) groups excluding carboxylic acids is 3. The molecule has 3 aromatic rings. The zero-order valence-corrected chi connectivity index (χ0v) is 18.3. The Morgan fingerprint density at radius 2 is 1.91 bits per heavy atom. The molecule has 0 radical (unpaired) electrons. The van der Waals surface area contributed by atoms with E-state index >= 15 is 0 Å². The number of piperidine rings is 1. The molecular formula is C25H25N5O3. The Morgan fingerprint density at radius 1 is 1.09 bits per heavy atom. The summed E-state index contributed by atoms with van der Waals surface area (Å²) in [5.41, 5.74) is 2.22. The standard InChI is InChI=1S/C25H25N5O3/c1-14(31)24-17-7-8-26-12-22(17)29(28-24)13-23(32)30-20-9-16(20)10-21(30)25(33)27-19-11-18(19)15-5-3-2-4-6-15/h2-8,12,16,18-21H,9-11,13H2,1H3,(H,27,33)/t16-,18-,19+,20-,21+/m1/s1. The van der Waals surface area contributed by atoms with Gasteiger partial charge < -0.3 is 10.2 Å². The van der Waals surface area contributed by atoms with Gasteiger partial charge in [-0.2, -0.15) is 5.10 Å². The lowest BCUT2D eigenvalue weighted by Gasteiger charge is -2.27. The Bertz CT molecular complexity index is 1270. The van der Waals surface area contributed by atoms with E-state index in [1.54, 1.807) is 28.0 Å². The Kier molecular flexibility index (Phi) is 4.57. The number of benzene rings is 1. The van der Waals surface area contributed by atoms with Crippen molar-refractivity contribution in [3.63, 3.8) is 0 Å². The van der Waals surface area contributed by atoms with Gasteiger partial charge in [0.2, 0.25) is 11.8 Å². The molecule has 6 rings (SSSR count). The molecule has 3 aliphatic rings. The summed E-state index contributed by atoms with van der Waals surface area (Å²) in [6.45, 7) is 1.45. The normalized spacial score (nSPS) is 27.3. The number of aromatic nitrogens is 3. The van der Waals surface area contributed by atoms with E-state index in [9.17, 15) is 14.4 Å². The van der Waals surface area contributed by atoms with Crippen LogP contribution in [0.5, 0.6) is 0 Å². The summed E-state index contributed by atoms with van der Waals surface area (Å²) in [7, 11) is 0. The second-order valence-corrected chi connectivity index (χ2v) is 9.44. The van der Waals surface area contributed by atoms with Crippen LogP contribution in [0.15, 0.2) is 48.8 Å². The van der Waals surface area contributed by atoms with E-state index < -0.39 is 6.04 Å². The first-order valence-corrected chi connectivity index (χ1v) is 11.5. The molecule has 2 amide bonds. The lowest BCUT2D eigenvalue weighted by Crippen LogP contribution is -2.49. The Morgan fingerprint density at radius 3 is 2.70 bits per heavy atom. The third kappa shape index (κ3) is 3.50. The molecule has 1 aliphatic heterocycles. The minimum atomic E-state index is -0.439. The predicted octanol–water partition coefficient (Wildman–Crippen LogP) is 2.30. The zero-order valence-electron chi connectivity index (χ0n) is 18.3. The van der Waals surface area contributed by atoms with Crippen molar-refractivity contribution < 1.29 is 14.4 Å². The SMILES string of the molecule is CC(=O)c1nn(CC(=O)N2[C@@H]3C[C@@H]3C[C@H]2C(=O)N[C@H]2C[C@@H]2c2ccccc2)c2cnccc12. The van der Waals surface area contributed by atoms with Crippen LogP contribution in [0.3, 0.4) is 0 Å². The number of rotatable bonds is 6. The highest BCUT2D eigenvalue weighted by Crippen LogP contribution is 2.48. The molecule has 33 heavy (non-hydrogen) atoms. The van der Waals surface area contributed by atoms with Crippen LogP contribution in [0.2, 0.25) is 0 Å². The molecule has 3 heterocycles. The smallest absolute Gasteiger partial charge is 0.245 e. The Balaban J connectivity index is 1.18. The lowest BCUT2D eigenvalue weighted by atomic mass is 10.1. The number of hydrogen-bond acceptors (Lipinski definition) is 5. The molecular weight excluding hydrogens is 418 g/mol. The Labute approximate surface area is 191 Å². The third-order valence-electron chi connectivity index (χ3n) is 7.21. The number of hydrogen-bond donors (Lipinski definition) is 1.